The van der Waals surface area contributed by atoms with Gasteiger partial charge < -0.3 is 5.11 Å². The Bertz CT molecular complexity index is 850. The van der Waals surface area contributed by atoms with Crippen LogP contribution >= 0.6 is 0 Å². The SMILES string of the molecule is Cc1cc(CC2CC(C)C=C(C3(C)CCCCC3)C2=O)c(O)c(C2(C)CCCCC2)c1. The monoisotopic (exact) mass is 422 g/mol. The maximum Gasteiger partial charge on any atom is 0.162 e. The van der Waals surface area contributed by atoms with Crippen molar-refractivity contribution in [2.45, 2.75) is 110 Å². The number of phenols is 1. The Morgan fingerprint density at radius 3 is 2.13 bits per heavy atom. The number of rotatable bonds is 4. The van der Waals surface area contributed by atoms with Gasteiger partial charge in [0.2, 0.25) is 0 Å². The molecule has 0 radical (unpaired) electrons. The highest BCUT2D eigenvalue weighted by atomic mass is 16.3. The van der Waals surface area contributed by atoms with Gasteiger partial charge in [-0.15, -0.1) is 0 Å². The number of hydrogen-bond donors (Lipinski definition) is 1. The van der Waals surface area contributed by atoms with Crippen LogP contribution in [-0.4, -0.2) is 10.9 Å². The molecule has 0 amide bonds. The predicted molar refractivity (Wildman–Crippen MR) is 129 cm³/mol. The van der Waals surface area contributed by atoms with Gasteiger partial charge in [0.25, 0.3) is 0 Å². The van der Waals surface area contributed by atoms with Gasteiger partial charge in [0.1, 0.15) is 5.75 Å². The third kappa shape index (κ3) is 4.50. The average molecular weight is 423 g/mol. The number of allylic oxidation sites excluding steroid dienone is 2. The van der Waals surface area contributed by atoms with Crippen molar-refractivity contribution >= 4 is 5.78 Å². The Labute approximate surface area is 189 Å². The van der Waals surface area contributed by atoms with Gasteiger partial charge in [-0.3, -0.25) is 4.79 Å². The number of Topliss-reactive ketones (excluding diaryl/α,β-unsaturated/α-hetero) is 1. The average Bonchev–Trinajstić information content (AvgIpc) is 2.73. The summed E-state index contributed by atoms with van der Waals surface area (Å²) >= 11 is 0. The van der Waals surface area contributed by atoms with Crippen molar-refractivity contribution in [3.63, 3.8) is 0 Å². The van der Waals surface area contributed by atoms with Crippen LogP contribution in [0.3, 0.4) is 0 Å². The molecule has 3 aliphatic rings. The predicted octanol–water partition coefficient (Wildman–Crippen LogP) is 7.59. The van der Waals surface area contributed by atoms with Crippen LogP contribution in [0.4, 0.5) is 0 Å². The van der Waals surface area contributed by atoms with E-state index in [0.717, 1.165) is 48.8 Å². The van der Waals surface area contributed by atoms with Gasteiger partial charge in [-0.1, -0.05) is 83.1 Å². The minimum absolute atomic E-state index is 0.00605. The Balaban J connectivity index is 1.62. The van der Waals surface area contributed by atoms with Gasteiger partial charge in [-0.25, -0.2) is 0 Å². The first-order valence-corrected chi connectivity index (χ1v) is 12.8. The van der Waals surface area contributed by atoms with Crippen LogP contribution < -0.4 is 0 Å². The van der Waals surface area contributed by atoms with Crippen molar-refractivity contribution in [2.75, 3.05) is 0 Å². The Morgan fingerprint density at radius 2 is 1.52 bits per heavy atom. The molecule has 2 saturated carbocycles. The van der Waals surface area contributed by atoms with E-state index in [1.807, 2.05) is 0 Å². The van der Waals surface area contributed by atoms with Crippen LogP contribution in [-0.2, 0) is 16.6 Å². The van der Waals surface area contributed by atoms with E-state index >= 15 is 0 Å². The summed E-state index contributed by atoms with van der Waals surface area (Å²) < 4.78 is 0. The third-order valence-electron chi connectivity index (χ3n) is 8.76. The highest BCUT2D eigenvalue weighted by molar-refractivity contribution is 5.99. The molecule has 2 fully saturated rings. The second kappa shape index (κ2) is 8.75. The highest BCUT2D eigenvalue weighted by Crippen LogP contribution is 2.48. The quantitative estimate of drug-likeness (QED) is 0.543. The van der Waals surface area contributed by atoms with E-state index in [4.69, 9.17) is 0 Å². The number of phenolic OH excluding ortho intramolecular Hbond substituents is 1. The molecule has 1 aromatic carbocycles. The molecule has 2 nitrogen and oxygen atoms in total. The number of carbonyl (C=O) groups is 1. The van der Waals surface area contributed by atoms with Gasteiger partial charge in [-0.2, -0.15) is 0 Å². The number of benzene rings is 1. The van der Waals surface area contributed by atoms with Gasteiger partial charge >= 0.3 is 0 Å². The lowest BCUT2D eigenvalue weighted by molar-refractivity contribution is -0.121. The van der Waals surface area contributed by atoms with E-state index in [-0.39, 0.29) is 16.7 Å². The van der Waals surface area contributed by atoms with Crippen molar-refractivity contribution in [3.05, 3.63) is 40.5 Å². The van der Waals surface area contributed by atoms with Crippen LogP contribution in [0.1, 0.15) is 108 Å². The largest absolute Gasteiger partial charge is 0.507 e. The van der Waals surface area contributed by atoms with Crippen LogP contribution in [0.2, 0.25) is 0 Å². The molecule has 1 N–H and O–H groups in total. The summed E-state index contributed by atoms with van der Waals surface area (Å²) in [5.74, 6) is 1.25. The summed E-state index contributed by atoms with van der Waals surface area (Å²) in [5, 5.41) is 11.4. The summed E-state index contributed by atoms with van der Waals surface area (Å²) in [6, 6.07) is 4.33. The van der Waals surface area contributed by atoms with Gasteiger partial charge in [0, 0.05) is 11.5 Å². The van der Waals surface area contributed by atoms with E-state index in [1.54, 1.807) is 0 Å². The van der Waals surface area contributed by atoms with E-state index in [0.29, 0.717) is 23.9 Å². The van der Waals surface area contributed by atoms with Crippen molar-refractivity contribution in [3.8, 4) is 5.75 Å². The molecule has 2 atom stereocenters. The third-order valence-corrected chi connectivity index (χ3v) is 8.76. The van der Waals surface area contributed by atoms with Crippen LogP contribution in [0, 0.1) is 24.2 Å². The smallest absolute Gasteiger partial charge is 0.162 e. The van der Waals surface area contributed by atoms with Crippen LogP contribution in [0.25, 0.3) is 0 Å². The molecule has 0 bridgehead atoms. The van der Waals surface area contributed by atoms with Gasteiger partial charge in [0.15, 0.2) is 5.78 Å². The Morgan fingerprint density at radius 1 is 0.935 bits per heavy atom. The van der Waals surface area contributed by atoms with Crippen molar-refractivity contribution in [1.29, 1.82) is 0 Å². The van der Waals surface area contributed by atoms with E-state index in [9.17, 15) is 9.90 Å². The number of carbonyl (C=O) groups excluding carboxylic acids is 1. The molecule has 4 rings (SSSR count). The summed E-state index contributed by atoms with van der Waals surface area (Å²) in [4.78, 5) is 13.7. The first-order valence-electron chi connectivity index (χ1n) is 12.8. The normalized spacial score (nSPS) is 28.3. The van der Waals surface area contributed by atoms with Crippen molar-refractivity contribution in [2.24, 2.45) is 17.3 Å². The fraction of sp³-hybridized carbons (Fsp3) is 0.690. The summed E-state index contributed by atoms with van der Waals surface area (Å²) in [6.07, 6.45) is 16.0. The number of ketones is 1. The minimum Gasteiger partial charge on any atom is -0.507 e. The second-order valence-corrected chi connectivity index (χ2v) is 11.6. The molecule has 3 aliphatic carbocycles. The molecular formula is C29H42O2. The molecule has 170 valence electrons. The van der Waals surface area contributed by atoms with Crippen LogP contribution in [0.5, 0.6) is 5.75 Å². The molecule has 2 unspecified atom stereocenters. The number of aryl methyl sites for hydroxylation is 1. The maximum atomic E-state index is 13.7. The lowest BCUT2D eigenvalue weighted by Gasteiger charge is -2.40. The van der Waals surface area contributed by atoms with E-state index < -0.39 is 0 Å². The standard InChI is InChI=1S/C29H42O2/c1-20-15-22(26(30)24(17-20)28(3)11-7-5-8-12-28)19-23-16-21(2)18-25(27(23)31)29(4)13-9-6-10-14-29/h15,17-18,21,23,30H,5-14,16,19H2,1-4H3. The fourth-order valence-corrected chi connectivity index (χ4v) is 6.82. The zero-order valence-electron chi connectivity index (χ0n) is 20.2. The van der Waals surface area contributed by atoms with E-state index in [2.05, 4.69) is 45.9 Å². The van der Waals surface area contributed by atoms with Gasteiger partial charge in [-0.05, 0) is 73.3 Å². The van der Waals surface area contributed by atoms with Crippen molar-refractivity contribution < 1.29 is 9.90 Å². The lowest BCUT2D eigenvalue weighted by Crippen LogP contribution is -2.35. The zero-order chi connectivity index (χ0) is 22.2. The molecular weight excluding hydrogens is 380 g/mol. The topological polar surface area (TPSA) is 37.3 Å². The molecule has 0 heterocycles. The summed E-state index contributed by atoms with van der Waals surface area (Å²) in [5.41, 5.74) is 4.53. The maximum absolute atomic E-state index is 13.7. The fourth-order valence-electron chi connectivity index (χ4n) is 6.82. The highest BCUT2D eigenvalue weighted by Gasteiger charge is 2.40. The first-order chi connectivity index (χ1) is 14.7. The molecule has 0 spiro atoms. The summed E-state index contributed by atoms with van der Waals surface area (Å²) in [7, 11) is 0. The lowest BCUT2D eigenvalue weighted by atomic mass is 9.64. The van der Waals surface area contributed by atoms with Gasteiger partial charge in [0.05, 0.1) is 0 Å². The zero-order valence-corrected chi connectivity index (χ0v) is 20.2. The molecule has 0 aromatic heterocycles. The molecule has 0 saturated heterocycles. The Kier molecular flexibility index (Phi) is 6.39. The Hall–Kier alpha value is -1.57. The molecule has 0 aliphatic heterocycles. The molecule has 1 aromatic rings. The minimum atomic E-state index is -0.00605. The first kappa shape index (κ1) is 22.6. The molecule has 31 heavy (non-hydrogen) atoms. The second-order valence-electron chi connectivity index (χ2n) is 11.6. The van der Waals surface area contributed by atoms with E-state index in [1.165, 1.54) is 44.1 Å². The number of aromatic hydroxyl groups is 1. The molecule has 2 heteroatoms. The number of hydrogen-bond acceptors (Lipinski definition) is 2. The summed E-state index contributed by atoms with van der Waals surface area (Å²) in [6.45, 7) is 9.04. The van der Waals surface area contributed by atoms with Crippen LogP contribution in [0.15, 0.2) is 23.8 Å². The van der Waals surface area contributed by atoms with Crippen molar-refractivity contribution in [1.82, 2.24) is 0 Å².